The van der Waals surface area contributed by atoms with Gasteiger partial charge in [-0.05, 0) is 6.42 Å². The lowest BCUT2D eigenvalue weighted by molar-refractivity contribution is 0.130. The first-order chi connectivity index (χ1) is 3.75. The monoisotopic (exact) mass is 118 g/mol. The highest BCUT2D eigenvalue weighted by atomic mass is 16.7. The lowest BCUT2D eigenvalue weighted by atomic mass is 10.2. The minimum Gasteiger partial charge on any atom is -0.390 e. The zero-order chi connectivity index (χ0) is 6.15. The van der Waals surface area contributed by atoms with E-state index in [1.54, 1.807) is 0 Å². The molecular weight excluding hydrogens is 108 g/mol. The van der Waals surface area contributed by atoms with Gasteiger partial charge in [-0.25, -0.2) is 0 Å². The highest BCUT2D eigenvalue weighted by Crippen LogP contribution is 2.23. The van der Waals surface area contributed by atoms with Crippen LogP contribution in [0.25, 0.3) is 0 Å². The molecule has 0 aromatic rings. The summed E-state index contributed by atoms with van der Waals surface area (Å²) in [6.45, 7) is 1.85. The first-order valence-electron chi connectivity index (χ1n) is 2.77. The quantitative estimate of drug-likeness (QED) is 0.479. The Balaban J connectivity index is 2.18. The summed E-state index contributed by atoms with van der Waals surface area (Å²) in [5, 5.41) is 17.4. The molecule has 48 valence electrons. The van der Waals surface area contributed by atoms with E-state index < -0.39 is 12.4 Å². The SMILES string of the molecule is CC[C@H](O)C1O[C@H]1O. The molecule has 0 radical (unpaired) electrons. The number of aliphatic hydroxyl groups is 2. The number of ether oxygens (including phenoxy) is 1. The summed E-state index contributed by atoms with van der Waals surface area (Å²) in [5.74, 6) is 0. The molecule has 8 heavy (non-hydrogen) atoms. The van der Waals surface area contributed by atoms with E-state index in [2.05, 4.69) is 4.74 Å². The number of rotatable bonds is 2. The van der Waals surface area contributed by atoms with Crippen LogP contribution in [-0.4, -0.2) is 28.7 Å². The molecule has 1 fully saturated rings. The number of aliphatic hydroxyl groups excluding tert-OH is 2. The van der Waals surface area contributed by atoms with Gasteiger partial charge in [0.05, 0.1) is 6.10 Å². The van der Waals surface area contributed by atoms with Crippen molar-refractivity contribution in [3.05, 3.63) is 0 Å². The molecule has 1 heterocycles. The van der Waals surface area contributed by atoms with Crippen molar-refractivity contribution in [2.24, 2.45) is 0 Å². The predicted octanol–water partition coefficient (Wildman–Crippen LogP) is -0.526. The summed E-state index contributed by atoms with van der Waals surface area (Å²) < 4.78 is 4.58. The van der Waals surface area contributed by atoms with Crippen molar-refractivity contribution >= 4 is 0 Å². The van der Waals surface area contributed by atoms with Gasteiger partial charge in [0.25, 0.3) is 0 Å². The van der Waals surface area contributed by atoms with E-state index in [4.69, 9.17) is 10.2 Å². The summed E-state index contributed by atoms with van der Waals surface area (Å²) >= 11 is 0. The van der Waals surface area contributed by atoms with Crippen molar-refractivity contribution < 1.29 is 14.9 Å². The van der Waals surface area contributed by atoms with Crippen molar-refractivity contribution in [2.45, 2.75) is 31.8 Å². The second kappa shape index (κ2) is 2.01. The molecule has 0 aromatic heterocycles. The van der Waals surface area contributed by atoms with Crippen LogP contribution in [0.2, 0.25) is 0 Å². The molecule has 3 atom stereocenters. The van der Waals surface area contributed by atoms with Gasteiger partial charge in [-0.3, -0.25) is 0 Å². The van der Waals surface area contributed by atoms with Crippen LogP contribution in [0.4, 0.5) is 0 Å². The van der Waals surface area contributed by atoms with Crippen LogP contribution >= 0.6 is 0 Å². The molecule has 1 rings (SSSR count). The predicted molar refractivity (Wildman–Crippen MR) is 27.2 cm³/mol. The third-order valence-electron chi connectivity index (χ3n) is 1.30. The van der Waals surface area contributed by atoms with Gasteiger partial charge >= 0.3 is 0 Å². The Morgan fingerprint density at radius 1 is 1.75 bits per heavy atom. The van der Waals surface area contributed by atoms with Crippen LogP contribution in [0.3, 0.4) is 0 Å². The fourth-order valence-corrected chi connectivity index (χ4v) is 0.629. The maximum atomic E-state index is 8.88. The average Bonchev–Trinajstić information content (AvgIpc) is 2.45. The minimum atomic E-state index is -0.704. The first-order valence-corrected chi connectivity index (χ1v) is 2.77. The molecule has 0 aliphatic carbocycles. The lowest BCUT2D eigenvalue weighted by Gasteiger charge is -1.98. The van der Waals surface area contributed by atoms with Crippen molar-refractivity contribution in [1.82, 2.24) is 0 Å². The molecule has 3 nitrogen and oxygen atoms in total. The molecule has 1 unspecified atom stereocenters. The zero-order valence-electron chi connectivity index (χ0n) is 4.74. The molecule has 1 aliphatic heterocycles. The molecule has 0 aromatic carbocycles. The molecule has 1 saturated heterocycles. The van der Waals surface area contributed by atoms with Gasteiger partial charge < -0.3 is 14.9 Å². The summed E-state index contributed by atoms with van der Waals surface area (Å²) in [6, 6.07) is 0. The Bertz CT molecular complexity index is 81.7. The van der Waals surface area contributed by atoms with Crippen molar-refractivity contribution in [1.29, 1.82) is 0 Å². The molecular formula is C5H10O3. The van der Waals surface area contributed by atoms with Crippen molar-refractivity contribution in [2.75, 3.05) is 0 Å². The summed E-state index contributed by atoms with van der Waals surface area (Å²) in [7, 11) is 0. The van der Waals surface area contributed by atoms with Crippen LogP contribution in [0.1, 0.15) is 13.3 Å². The Morgan fingerprint density at radius 2 is 2.25 bits per heavy atom. The normalized spacial score (nSPS) is 39.4. The standard InChI is InChI=1S/C5H10O3/c1-2-3(6)4-5(7)8-4/h3-7H,2H2,1H3/t3-,4?,5+/m0/s1. The van der Waals surface area contributed by atoms with E-state index in [-0.39, 0.29) is 6.10 Å². The Labute approximate surface area is 47.9 Å². The van der Waals surface area contributed by atoms with Gasteiger partial charge in [0.2, 0.25) is 0 Å². The summed E-state index contributed by atoms with van der Waals surface area (Å²) in [6.07, 6.45) is -0.850. The average molecular weight is 118 g/mol. The van der Waals surface area contributed by atoms with Gasteiger partial charge in [-0.2, -0.15) is 0 Å². The Morgan fingerprint density at radius 3 is 2.38 bits per heavy atom. The van der Waals surface area contributed by atoms with Gasteiger partial charge in [0.15, 0.2) is 6.29 Å². The Kier molecular flexibility index (Phi) is 1.51. The second-order valence-electron chi connectivity index (χ2n) is 1.97. The van der Waals surface area contributed by atoms with Gasteiger partial charge in [0, 0.05) is 0 Å². The molecule has 0 bridgehead atoms. The maximum Gasteiger partial charge on any atom is 0.184 e. The largest absolute Gasteiger partial charge is 0.390 e. The first kappa shape index (κ1) is 6.01. The minimum absolute atomic E-state index is 0.306. The van der Waals surface area contributed by atoms with E-state index in [0.717, 1.165) is 0 Å². The molecule has 1 aliphatic rings. The highest BCUT2D eigenvalue weighted by molar-refractivity contribution is 4.81. The van der Waals surface area contributed by atoms with Crippen LogP contribution in [0.5, 0.6) is 0 Å². The fourth-order valence-electron chi connectivity index (χ4n) is 0.629. The topological polar surface area (TPSA) is 53.0 Å². The molecule has 3 heteroatoms. The van der Waals surface area contributed by atoms with Crippen molar-refractivity contribution in [3.63, 3.8) is 0 Å². The van der Waals surface area contributed by atoms with Crippen LogP contribution < -0.4 is 0 Å². The fraction of sp³-hybridized carbons (Fsp3) is 1.00. The van der Waals surface area contributed by atoms with Crippen LogP contribution in [-0.2, 0) is 4.74 Å². The summed E-state index contributed by atoms with van der Waals surface area (Å²) in [4.78, 5) is 0. The molecule has 0 saturated carbocycles. The van der Waals surface area contributed by atoms with Gasteiger partial charge in [-0.1, -0.05) is 6.92 Å². The van der Waals surface area contributed by atoms with Gasteiger partial charge in [0.1, 0.15) is 6.10 Å². The van der Waals surface area contributed by atoms with E-state index in [0.29, 0.717) is 6.42 Å². The maximum absolute atomic E-state index is 8.88. The highest BCUT2D eigenvalue weighted by Gasteiger charge is 2.41. The zero-order valence-corrected chi connectivity index (χ0v) is 4.74. The van der Waals surface area contributed by atoms with E-state index in [1.807, 2.05) is 6.92 Å². The molecule has 0 spiro atoms. The third-order valence-corrected chi connectivity index (χ3v) is 1.30. The third kappa shape index (κ3) is 0.992. The van der Waals surface area contributed by atoms with Crippen LogP contribution in [0.15, 0.2) is 0 Å². The van der Waals surface area contributed by atoms with Gasteiger partial charge in [-0.15, -0.1) is 0 Å². The number of hydrogen-bond donors (Lipinski definition) is 2. The Hall–Kier alpha value is -0.120. The lowest BCUT2D eigenvalue weighted by Crippen LogP contribution is -2.14. The van der Waals surface area contributed by atoms with Crippen molar-refractivity contribution in [3.8, 4) is 0 Å². The van der Waals surface area contributed by atoms with Crippen LogP contribution in [0, 0.1) is 0 Å². The van der Waals surface area contributed by atoms with E-state index in [1.165, 1.54) is 0 Å². The second-order valence-corrected chi connectivity index (χ2v) is 1.97. The number of epoxide rings is 1. The molecule has 2 N–H and O–H groups in total. The molecule has 0 amide bonds. The summed E-state index contributed by atoms with van der Waals surface area (Å²) in [5.41, 5.74) is 0. The number of hydrogen-bond acceptors (Lipinski definition) is 3. The smallest absolute Gasteiger partial charge is 0.184 e. The van der Waals surface area contributed by atoms with E-state index >= 15 is 0 Å². The van der Waals surface area contributed by atoms with E-state index in [9.17, 15) is 0 Å².